The van der Waals surface area contributed by atoms with Crippen molar-refractivity contribution in [2.24, 2.45) is 0 Å². The average Bonchev–Trinajstić information content (AvgIpc) is 2.72. The number of hydrogen-bond acceptors (Lipinski definition) is 3. The summed E-state index contributed by atoms with van der Waals surface area (Å²) in [6, 6.07) is 7.22. The zero-order valence-electron chi connectivity index (χ0n) is 10.1. The fourth-order valence-electron chi connectivity index (χ4n) is 2.08. The third-order valence-corrected chi connectivity index (χ3v) is 2.88. The van der Waals surface area contributed by atoms with Crippen molar-refractivity contribution in [2.45, 2.75) is 19.8 Å². The number of rotatable bonds is 2. The van der Waals surface area contributed by atoms with Crippen LogP contribution in [0.1, 0.15) is 18.9 Å². The Hall–Kier alpha value is -2.35. The number of carbonyl (C=O) groups is 2. The minimum absolute atomic E-state index is 0.0232. The number of nitrogens with zero attached hydrogens (tertiary/aromatic N) is 2. The molecule has 92 valence electrons. The Labute approximate surface area is 105 Å². The van der Waals surface area contributed by atoms with Gasteiger partial charge in [0.15, 0.2) is 0 Å². The van der Waals surface area contributed by atoms with E-state index in [1.54, 1.807) is 17.0 Å². The summed E-state index contributed by atoms with van der Waals surface area (Å²) in [7, 11) is 0. The van der Waals surface area contributed by atoms with Gasteiger partial charge in [-0.05, 0) is 30.2 Å². The Morgan fingerprint density at radius 3 is 2.94 bits per heavy atom. The van der Waals surface area contributed by atoms with Gasteiger partial charge in [-0.2, -0.15) is 5.26 Å². The zero-order chi connectivity index (χ0) is 13.1. The number of anilines is 2. The predicted molar refractivity (Wildman–Crippen MR) is 67.0 cm³/mol. The molecule has 0 unspecified atom stereocenters. The van der Waals surface area contributed by atoms with Crippen LogP contribution in [0.4, 0.5) is 11.4 Å². The maximum Gasteiger partial charge on any atom is 0.238 e. The summed E-state index contributed by atoms with van der Waals surface area (Å²) in [6.45, 7) is 2.22. The first-order valence-corrected chi connectivity index (χ1v) is 5.69. The quantitative estimate of drug-likeness (QED) is 0.854. The third kappa shape index (κ3) is 2.33. The average molecular weight is 243 g/mol. The van der Waals surface area contributed by atoms with E-state index in [0.29, 0.717) is 12.2 Å². The van der Waals surface area contributed by atoms with Crippen molar-refractivity contribution in [1.29, 1.82) is 5.26 Å². The number of amides is 2. The lowest BCUT2D eigenvalue weighted by molar-refractivity contribution is -0.116. The molecule has 0 bridgehead atoms. The Bertz CT molecular complexity index is 546. The van der Waals surface area contributed by atoms with Gasteiger partial charge in [0.25, 0.3) is 0 Å². The molecule has 1 aliphatic heterocycles. The monoisotopic (exact) mass is 243 g/mol. The van der Waals surface area contributed by atoms with Gasteiger partial charge in [0.1, 0.15) is 6.42 Å². The van der Waals surface area contributed by atoms with E-state index in [4.69, 9.17) is 5.26 Å². The van der Waals surface area contributed by atoms with Crippen LogP contribution in [0.3, 0.4) is 0 Å². The Balaban J connectivity index is 2.17. The minimum Gasteiger partial charge on any atom is -0.325 e. The van der Waals surface area contributed by atoms with Crippen LogP contribution < -0.4 is 10.2 Å². The van der Waals surface area contributed by atoms with Crippen LogP contribution in [-0.2, 0) is 16.0 Å². The summed E-state index contributed by atoms with van der Waals surface area (Å²) >= 11 is 0. The van der Waals surface area contributed by atoms with Crippen LogP contribution in [0.2, 0.25) is 0 Å². The Kier molecular flexibility index (Phi) is 3.28. The number of hydrogen-bond donors (Lipinski definition) is 1. The molecule has 1 aliphatic rings. The second-order valence-electron chi connectivity index (χ2n) is 4.15. The molecule has 0 atom stereocenters. The van der Waals surface area contributed by atoms with Crippen LogP contribution in [0.5, 0.6) is 0 Å². The van der Waals surface area contributed by atoms with E-state index in [1.807, 2.05) is 12.1 Å². The molecule has 1 N–H and O–H groups in total. The number of fused-ring (bicyclic) bond motifs is 1. The Morgan fingerprint density at radius 1 is 1.50 bits per heavy atom. The molecular formula is C13H13N3O2. The molecule has 1 heterocycles. The first kappa shape index (κ1) is 12.1. The normalized spacial score (nSPS) is 12.8. The highest BCUT2D eigenvalue weighted by Crippen LogP contribution is 2.30. The second kappa shape index (κ2) is 4.88. The highest BCUT2D eigenvalue weighted by atomic mass is 16.2. The zero-order valence-corrected chi connectivity index (χ0v) is 10.1. The van der Waals surface area contributed by atoms with Crippen molar-refractivity contribution >= 4 is 23.2 Å². The molecule has 0 fully saturated rings. The van der Waals surface area contributed by atoms with Crippen molar-refractivity contribution in [3.05, 3.63) is 23.8 Å². The molecule has 5 nitrogen and oxygen atoms in total. The standard InChI is InChI=1S/C13H13N3O2/c1-9(17)16-7-5-10-8-11(2-3-12(10)16)15-13(18)4-6-14/h2-3,8H,4-5,7H2,1H3,(H,15,18). The molecule has 0 aromatic heterocycles. The van der Waals surface area contributed by atoms with Crippen molar-refractivity contribution in [2.75, 3.05) is 16.8 Å². The lowest BCUT2D eigenvalue weighted by atomic mass is 10.1. The molecule has 1 aromatic rings. The van der Waals surface area contributed by atoms with Crippen LogP contribution in [0, 0.1) is 11.3 Å². The first-order valence-electron chi connectivity index (χ1n) is 5.69. The first-order chi connectivity index (χ1) is 8.61. The highest BCUT2D eigenvalue weighted by Gasteiger charge is 2.22. The molecule has 1 aromatic carbocycles. The summed E-state index contributed by atoms with van der Waals surface area (Å²) in [5.41, 5.74) is 2.61. The van der Waals surface area contributed by atoms with E-state index in [2.05, 4.69) is 5.32 Å². The van der Waals surface area contributed by atoms with Gasteiger partial charge >= 0.3 is 0 Å². The lowest BCUT2D eigenvalue weighted by Crippen LogP contribution is -2.25. The molecular weight excluding hydrogens is 230 g/mol. The molecule has 18 heavy (non-hydrogen) atoms. The smallest absolute Gasteiger partial charge is 0.238 e. The maximum atomic E-state index is 11.4. The van der Waals surface area contributed by atoms with E-state index in [0.717, 1.165) is 17.7 Å². The van der Waals surface area contributed by atoms with E-state index in [-0.39, 0.29) is 18.2 Å². The van der Waals surface area contributed by atoms with E-state index >= 15 is 0 Å². The summed E-state index contributed by atoms with van der Waals surface area (Å²) in [5, 5.41) is 11.1. The van der Waals surface area contributed by atoms with Gasteiger partial charge in [0.2, 0.25) is 11.8 Å². The number of nitriles is 1. The fraction of sp³-hybridized carbons (Fsp3) is 0.308. The second-order valence-corrected chi connectivity index (χ2v) is 4.15. The van der Waals surface area contributed by atoms with Gasteiger partial charge in [-0.15, -0.1) is 0 Å². The number of nitrogens with one attached hydrogen (secondary N) is 1. The molecule has 0 saturated heterocycles. The van der Waals surface area contributed by atoms with Crippen molar-refractivity contribution in [3.63, 3.8) is 0 Å². The van der Waals surface area contributed by atoms with Gasteiger partial charge < -0.3 is 10.2 Å². The number of carbonyl (C=O) groups excluding carboxylic acids is 2. The summed E-state index contributed by atoms with van der Waals surface area (Å²) < 4.78 is 0. The number of benzene rings is 1. The summed E-state index contributed by atoms with van der Waals surface area (Å²) in [6.07, 6.45) is 0.632. The lowest BCUT2D eigenvalue weighted by Gasteiger charge is -2.14. The van der Waals surface area contributed by atoms with Gasteiger partial charge in [-0.25, -0.2) is 0 Å². The third-order valence-electron chi connectivity index (χ3n) is 2.88. The van der Waals surface area contributed by atoms with Crippen LogP contribution >= 0.6 is 0 Å². The van der Waals surface area contributed by atoms with Gasteiger partial charge in [-0.3, -0.25) is 9.59 Å². The largest absolute Gasteiger partial charge is 0.325 e. The Morgan fingerprint density at radius 2 is 2.28 bits per heavy atom. The molecule has 5 heteroatoms. The SMILES string of the molecule is CC(=O)N1CCc2cc(NC(=O)CC#N)ccc21. The van der Waals surface area contributed by atoms with Crippen LogP contribution in [-0.4, -0.2) is 18.4 Å². The predicted octanol–water partition coefficient (Wildman–Crippen LogP) is 1.45. The van der Waals surface area contributed by atoms with Crippen LogP contribution in [0.15, 0.2) is 18.2 Å². The molecule has 2 rings (SSSR count). The van der Waals surface area contributed by atoms with Crippen molar-refractivity contribution in [3.8, 4) is 6.07 Å². The summed E-state index contributed by atoms with van der Waals surface area (Å²) in [5.74, 6) is -0.297. The molecule has 0 saturated carbocycles. The molecule has 0 radical (unpaired) electrons. The maximum absolute atomic E-state index is 11.4. The topological polar surface area (TPSA) is 73.2 Å². The molecule has 0 spiro atoms. The summed E-state index contributed by atoms with van der Waals surface area (Å²) in [4.78, 5) is 24.4. The molecule has 0 aliphatic carbocycles. The van der Waals surface area contributed by atoms with Crippen LogP contribution in [0.25, 0.3) is 0 Å². The fourth-order valence-corrected chi connectivity index (χ4v) is 2.08. The van der Waals surface area contributed by atoms with Crippen molar-refractivity contribution < 1.29 is 9.59 Å². The van der Waals surface area contributed by atoms with E-state index in [1.165, 1.54) is 6.92 Å². The van der Waals surface area contributed by atoms with Crippen molar-refractivity contribution in [1.82, 2.24) is 0 Å². The van der Waals surface area contributed by atoms with Gasteiger partial charge in [-0.1, -0.05) is 0 Å². The molecule has 2 amide bonds. The van der Waals surface area contributed by atoms with E-state index < -0.39 is 0 Å². The van der Waals surface area contributed by atoms with E-state index in [9.17, 15) is 9.59 Å². The minimum atomic E-state index is -0.320. The van der Waals surface area contributed by atoms with Gasteiger partial charge in [0, 0.05) is 24.8 Å². The highest BCUT2D eigenvalue weighted by molar-refractivity contribution is 5.95. The van der Waals surface area contributed by atoms with Gasteiger partial charge in [0.05, 0.1) is 6.07 Å².